The average Bonchev–Trinajstić information content (AvgIpc) is 3.19. The number of anilines is 2. The van der Waals surface area contributed by atoms with Crippen molar-refractivity contribution in [2.75, 3.05) is 10.6 Å². The van der Waals surface area contributed by atoms with E-state index in [1.807, 2.05) is 24.4 Å². The summed E-state index contributed by atoms with van der Waals surface area (Å²) in [4.78, 5) is 8.86. The van der Waals surface area contributed by atoms with Crippen molar-refractivity contribution in [1.82, 2.24) is 9.97 Å². The molecule has 0 spiro atoms. The third-order valence-electron chi connectivity index (χ3n) is 5.11. The van der Waals surface area contributed by atoms with Gasteiger partial charge in [0.05, 0.1) is 11.2 Å². The minimum absolute atomic E-state index is 0.0870. The van der Waals surface area contributed by atoms with E-state index in [0.717, 1.165) is 34.2 Å². The standard InChI is InChI=1S/C23H24N4S/c1-17(2)23(27-20-8-4-3-5-9-20)12-10-19(11-13-23)25-22-26-21(16-28-22)18-7-6-14-24-15-18/h3-12,14-17,27H,13H2,1-2H3,(H,25,26). The van der Waals surface area contributed by atoms with E-state index in [0.29, 0.717) is 5.92 Å². The lowest BCUT2D eigenvalue weighted by Gasteiger charge is -2.38. The van der Waals surface area contributed by atoms with Crippen LogP contribution in [0.3, 0.4) is 0 Å². The minimum atomic E-state index is -0.0870. The van der Waals surface area contributed by atoms with Gasteiger partial charge < -0.3 is 10.6 Å². The van der Waals surface area contributed by atoms with Crippen molar-refractivity contribution in [2.45, 2.75) is 25.8 Å². The predicted molar refractivity (Wildman–Crippen MR) is 118 cm³/mol. The predicted octanol–water partition coefficient (Wildman–Crippen LogP) is 5.97. The molecule has 1 aliphatic carbocycles. The van der Waals surface area contributed by atoms with Crippen LogP contribution in [0.5, 0.6) is 0 Å². The number of hydrogen-bond donors (Lipinski definition) is 2. The molecule has 0 saturated heterocycles. The Morgan fingerprint density at radius 2 is 1.96 bits per heavy atom. The summed E-state index contributed by atoms with van der Waals surface area (Å²) in [5, 5.41) is 10.1. The molecule has 2 aromatic heterocycles. The van der Waals surface area contributed by atoms with Crippen molar-refractivity contribution in [1.29, 1.82) is 0 Å². The fourth-order valence-corrected chi connectivity index (χ4v) is 4.04. The molecule has 0 amide bonds. The Balaban J connectivity index is 1.46. The zero-order chi connectivity index (χ0) is 19.4. The molecule has 4 nitrogen and oxygen atoms in total. The molecular weight excluding hydrogens is 364 g/mol. The fraction of sp³-hybridized carbons (Fsp3) is 0.217. The minimum Gasteiger partial charge on any atom is -0.376 e. The van der Waals surface area contributed by atoms with Gasteiger partial charge in [0, 0.05) is 34.7 Å². The molecule has 142 valence electrons. The molecule has 1 unspecified atom stereocenters. The van der Waals surface area contributed by atoms with Gasteiger partial charge in [-0.1, -0.05) is 44.2 Å². The number of benzene rings is 1. The number of aromatic nitrogens is 2. The number of nitrogens with one attached hydrogen (secondary N) is 2. The lowest BCUT2D eigenvalue weighted by molar-refractivity contribution is 0.418. The summed E-state index contributed by atoms with van der Waals surface area (Å²) < 4.78 is 0. The first-order valence-electron chi connectivity index (χ1n) is 9.50. The first kappa shape index (κ1) is 18.4. The highest BCUT2D eigenvalue weighted by atomic mass is 32.1. The summed E-state index contributed by atoms with van der Waals surface area (Å²) in [6, 6.07) is 14.4. The molecule has 1 aromatic carbocycles. The number of allylic oxidation sites excluding steroid dienone is 1. The summed E-state index contributed by atoms with van der Waals surface area (Å²) in [5.41, 5.74) is 4.12. The molecule has 2 heterocycles. The molecule has 5 heteroatoms. The summed E-state index contributed by atoms with van der Waals surface area (Å²) in [6.07, 6.45) is 11.2. The van der Waals surface area contributed by atoms with Gasteiger partial charge in [0.25, 0.3) is 0 Å². The van der Waals surface area contributed by atoms with Gasteiger partial charge in [-0.15, -0.1) is 11.3 Å². The van der Waals surface area contributed by atoms with E-state index in [4.69, 9.17) is 4.98 Å². The first-order valence-corrected chi connectivity index (χ1v) is 10.4. The topological polar surface area (TPSA) is 49.8 Å². The smallest absolute Gasteiger partial charge is 0.187 e. The molecule has 28 heavy (non-hydrogen) atoms. The van der Waals surface area contributed by atoms with Crippen molar-refractivity contribution in [3.63, 3.8) is 0 Å². The Morgan fingerprint density at radius 1 is 1.11 bits per heavy atom. The maximum atomic E-state index is 4.69. The number of nitrogens with zero attached hydrogens (tertiary/aromatic N) is 2. The van der Waals surface area contributed by atoms with Crippen molar-refractivity contribution in [3.8, 4) is 11.3 Å². The normalized spacial score (nSPS) is 18.8. The third-order valence-corrected chi connectivity index (χ3v) is 5.87. The Morgan fingerprint density at radius 3 is 2.64 bits per heavy atom. The van der Waals surface area contributed by atoms with Gasteiger partial charge in [-0.05, 0) is 42.7 Å². The van der Waals surface area contributed by atoms with Crippen LogP contribution >= 0.6 is 11.3 Å². The van der Waals surface area contributed by atoms with Crippen molar-refractivity contribution in [2.24, 2.45) is 5.92 Å². The summed E-state index contributed by atoms with van der Waals surface area (Å²) in [5.74, 6) is 0.457. The molecule has 0 fully saturated rings. The number of pyridine rings is 1. The average molecular weight is 389 g/mol. The van der Waals surface area contributed by atoms with E-state index in [2.05, 4.69) is 77.3 Å². The van der Waals surface area contributed by atoms with Gasteiger partial charge in [0.1, 0.15) is 0 Å². The van der Waals surface area contributed by atoms with Crippen LogP contribution in [0.4, 0.5) is 10.8 Å². The molecule has 0 bridgehead atoms. The van der Waals surface area contributed by atoms with Crippen LogP contribution in [0.15, 0.2) is 84.2 Å². The van der Waals surface area contributed by atoms with Crippen LogP contribution in [0.25, 0.3) is 11.3 Å². The highest BCUT2D eigenvalue weighted by Crippen LogP contribution is 2.33. The number of thiazole rings is 1. The van der Waals surface area contributed by atoms with E-state index >= 15 is 0 Å². The molecule has 1 aliphatic rings. The lowest BCUT2D eigenvalue weighted by Crippen LogP contribution is -2.42. The molecule has 1 atom stereocenters. The first-order chi connectivity index (χ1) is 13.6. The van der Waals surface area contributed by atoms with Crippen LogP contribution in [0, 0.1) is 5.92 Å². The Hall–Kier alpha value is -2.92. The Labute approximate surface area is 170 Å². The Bertz CT molecular complexity index is 976. The molecule has 2 N–H and O–H groups in total. The zero-order valence-electron chi connectivity index (χ0n) is 16.1. The van der Waals surface area contributed by atoms with Gasteiger partial charge in [-0.3, -0.25) is 4.98 Å². The van der Waals surface area contributed by atoms with Crippen molar-refractivity contribution in [3.05, 3.63) is 84.2 Å². The molecule has 3 aromatic rings. The lowest BCUT2D eigenvalue weighted by atomic mass is 9.80. The summed E-state index contributed by atoms with van der Waals surface area (Å²) >= 11 is 1.61. The van der Waals surface area contributed by atoms with E-state index in [1.54, 1.807) is 17.5 Å². The maximum absolute atomic E-state index is 4.69. The van der Waals surface area contributed by atoms with Crippen LogP contribution in [-0.4, -0.2) is 15.5 Å². The van der Waals surface area contributed by atoms with Gasteiger partial charge in [-0.25, -0.2) is 4.98 Å². The van der Waals surface area contributed by atoms with Gasteiger partial charge in [0.2, 0.25) is 0 Å². The third kappa shape index (κ3) is 3.99. The van der Waals surface area contributed by atoms with Crippen LogP contribution in [-0.2, 0) is 0 Å². The summed E-state index contributed by atoms with van der Waals surface area (Å²) in [7, 11) is 0. The second kappa shape index (κ2) is 7.98. The Kier molecular flexibility index (Phi) is 5.26. The van der Waals surface area contributed by atoms with Gasteiger partial charge in [-0.2, -0.15) is 0 Å². The fourth-order valence-electron chi connectivity index (χ4n) is 3.30. The zero-order valence-corrected chi connectivity index (χ0v) is 16.9. The van der Waals surface area contributed by atoms with Crippen molar-refractivity contribution < 1.29 is 0 Å². The highest BCUT2D eigenvalue weighted by molar-refractivity contribution is 7.14. The van der Waals surface area contributed by atoms with E-state index in [9.17, 15) is 0 Å². The van der Waals surface area contributed by atoms with Crippen LogP contribution in [0.1, 0.15) is 20.3 Å². The van der Waals surface area contributed by atoms with Gasteiger partial charge in [0.15, 0.2) is 5.13 Å². The number of hydrogen-bond acceptors (Lipinski definition) is 5. The monoisotopic (exact) mass is 388 g/mol. The quantitative estimate of drug-likeness (QED) is 0.546. The molecular formula is C23H24N4S. The van der Waals surface area contributed by atoms with E-state index < -0.39 is 0 Å². The molecule has 0 radical (unpaired) electrons. The SMILES string of the molecule is CC(C)C1(Nc2ccccc2)C=CC(Nc2nc(-c3cccnc3)cs2)=CC1. The van der Waals surface area contributed by atoms with E-state index in [1.165, 1.54) is 0 Å². The summed E-state index contributed by atoms with van der Waals surface area (Å²) in [6.45, 7) is 4.51. The number of rotatable bonds is 6. The van der Waals surface area contributed by atoms with Gasteiger partial charge >= 0.3 is 0 Å². The maximum Gasteiger partial charge on any atom is 0.187 e. The van der Waals surface area contributed by atoms with Crippen molar-refractivity contribution >= 4 is 22.2 Å². The second-order valence-electron chi connectivity index (χ2n) is 7.29. The number of para-hydroxylation sites is 1. The van der Waals surface area contributed by atoms with Crippen LogP contribution in [0.2, 0.25) is 0 Å². The largest absolute Gasteiger partial charge is 0.376 e. The highest BCUT2D eigenvalue weighted by Gasteiger charge is 2.32. The molecule has 4 rings (SSSR count). The molecule has 0 saturated carbocycles. The van der Waals surface area contributed by atoms with Crippen LogP contribution < -0.4 is 10.6 Å². The van der Waals surface area contributed by atoms with E-state index in [-0.39, 0.29) is 5.54 Å². The molecule has 0 aliphatic heterocycles. The second-order valence-corrected chi connectivity index (χ2v) is 8.15.